The summed E-state index contributed by atoms with van der Waals surface area (Å²) in [5.74, 6) is 0.512. The molecule has 0 saturated carbocycles. The third-order valence-electron chi connectivity index (χ3n) is 3.64. The number of hydrogen-bond acceptors (Lipinski definition) is 4. The number of para-hydroxylation sites is 1. The Labute approximate surface area is 163 Å². The molecule has 0 aliphatic rings. The van der Waals surface area contributed by atoms with Crippen molar-refractivity contribution in [1.29, 1.82) is 0 Å². The van der Waals surface area contributed by atoms with E-state index in [4.69, 9.17) is 16.3 Å². The molecule has 1 aromatic heterocycles. The van der Waals surface area contributed by atoms with E-state index in [1.54, 1.807) is 30.5 Å². The van der Waals surface area contributed by atoms with Crippen LogP contribution in [-0.2, 0) is 0 Å². The highest BCUT2D eigenvalue weighted by Gasteiger charge is 2.09. The lowest BCUT2D eigenvalue weighted by Gasteiger charge is -2.11. The third kappa shape index (κ3) is 5.21. The molecule has 3 aromatic rings. The lowest BCUT2D eigenvalue weighted by atomic mass is 10.2. The summed E-state index contributed by atoms with van der Waals surface area (Å²) in [4.78, 5) is 16.6. The molecule has 0 saturated heterocycles. The molecule has 0 unspecified atom stereocenters. The SMILES string of the molecule is CC(C)Oc1ccc(NC(=O)c2cncc(Nc3ccccc3Cl)c2)cc1. The molecule has 0 aliphatic carbocycles. The summed E-state index contributed by atoms with van der Waals surface area (Å²) in [6.07, 6.45) is 3.26. The first kappa shape index (κ1) is 18.7. The zero-order valence-corrected chi connectivity index (χ0v) is 15.8. The van der Waals surface area contributed by atoms with Crippen molar-refractivity contribution in [2.45, 2.75) is 20.0 Å². The molecule has 5 nitrogen and oxygen atoms in total. The Hall–Kier alpha value is -3.05. The average Bonchev–Trinajstić information content (AvgIpc) is 2.65. The number of pyridine rings is 1. The largest absolute Gasteiger partial charge is 0.491 e. The second-order valence-electron chi connectivity index (χ2n) is 6.21. The van der Waals surface area contributed by atoms with E-state index in [1.165, 1.54) is 6.20 Å². The fourth-order valence-corrected chi connectivity index (χ4v) is 2.63. The van der Waals surface area contributed by atoms with E-state index in [0.717, 1.165) is 11.4 Å². The molecule has 2 aromatic carbocycles. The van der Waals surface area contributed by atoms with Crippen molar-refractivity contribution in [2.24, 2.45) is 0 Å². The average molecular weight is 382 g/mol. The Bertz CT molecular complexity index is 927. The number of nitrogens with zero attached hydrogens (tertiary/aromatic N) is 1. The maximum atomic E-state index is 12.5. The fraction of sp³-hybridized carbons (Fsp3) is 0.143. The summed E-state index contributed by atoms with van der Waals surface area (Å²) < 4.78 is 5.60. The Morgan fingerprint density at radius 2 is 1.78 bits per heavy atom. The number of carbonyl (C=O) groups excluding carboxylic acids is 1. The minimum atomic E-state index is -0.247. The molecule has 0 fully saturated rings. The van der Waals surface area contributed by atoms with Crippen LogP contribution in [0.3, 0.4) is 0 Å². The first-order valence-corrected chi connectivity index (χ1v) is 8.94. The summed E-state index contributed by atoms with van der Waals surface area (Å²) in [5, 5.41) is 6.61. The van der Waals surface area contributed by atoms with Crippen LogP contribution in [0.5, 0.6) is 5.75 Å². The van der Waals surface area contributed by atoms with Crippen LogP contribution in [0.4, 0.5) is 17.1 Å². The van der Waals surface area contributed by atoms with Crippen LogP contribution in [0.2, 0.25) is 5.02 Å². The van der Waals surface area contributed by atoms with Crippen molar-refractivity contribution in [2.75, 3.05) is 10.6 Å². The van der Waals surface area contributed by atoms with Crippen LogP contribution < -0.4 is 15.4 Å². The number of carbonyl (C=O) groups is 1. The first-order chi connectivity index (χ1) is 13.0. The van der Waals surface area contributed by atoms with Gasteiger partial charge in [-0.15, -0.1) is 0 Å². The van der Waals surface area contributed by atoms with E-state index in [-0.39, 0.29) is 12.0 Å². The maximum Gasteiger partial charge on any atom is 0.257 e. The van der Waals surface area contributed by atoms with Gasteiger partial charge in [-0.1, -0.05) is 23.7 Å². The normalized spacial score (nSPS) is 10.5. The molecular formula is C21H20ClN3O2. The number of amides is 1. The summed E-state index contributed by atoms with van der Waals surface area (Å²) in [7, 11) is 0. The third-order valence-corrected chi connectivity index (χ3v) is 3.97. The van der Waals surface area contributed by atoms with Gasteiger partial charge in [0.1, 0.15) is 5.75 Å². The van der Waals surface area contributed by atoms with Gasteiger partial charge in [-0.05, 0) is 56.3 Å². The highest BCUT2D eigenvalue weighted by molar-refractivity contribution is 6.33. The Morgan fingerprint density at radius 3 is 2.48 bits per heavy atom. The van der Waals surface area contributed by atoms with Crippen molar-refractivity contribution >= 4 is 34.6 Å². The van der Waals surface area contributed by atoms with Gasteiger partial charge in [-0.3, -0.25) is 9.78 Å². The Balaban J connectivity index is 1.69. The second-order valence-corrected chi connectivity index (χ2v) is 6.62. The van der Waals surface area contributed by atoms with Crippen molar-refractivity contribution < 1.29 is 9.53 Å². The molecule has 0 atom stereocenters. The molecule has 6 heteroatoms. The molecule has 138 valence electrons. The van der Waals surface area contributed by atoms with Crippen LogP contribution in [0, 0.1) is 0 Å². The van der Waals surface area contributed by atoms with Gasteiger partial charge in [-0.2, -0.15) is 0 Å². The molecule has 3 rings (SSSR count). The van der Waals surface area contributed by atoms with E-state index in [2.05, 4.69) is 15.6 Å². The quantitative estimate of drug-likeness (QED) is 0.590. The molecule has 0 spiro atoms. The molecule has 1 heterocycles. The lowest BCUT2D eigenvalue weighted by molar-refractivity contribution is 0.102. The van der Waals surface area contributed by atoms with E-state index in [0.29, 0.717) is 22.0 Å². The number of rotatable bonds is 6. The standard InChI is InChI=1S/C21H20ClN3O2/c1-14(2)27-18-9-7-16(8-10-18)25-21(26)15-11-17(13-23-12-15)24-20-6-4-3-5-19(20)22/h3-14,24H,1-2H3,(H,25,26). The Morgan fingerprint density at radius 1 is 1.04 bits per heavy atom. The summed E-state index contributed by atoms with van der Waals surface area (Å²) in [6, 6.07) is 16.4. The molecule has 0 radical (unpaired) electrons. The molecule has 1 amide bonds. The zero-order valence-electron chi connectivity index (χ0n) is 15.1. The van der Waals surface area contributed by atoms with E-state index in [9.17, 15) is 4.79 Å². The van der Waals surface area contributed by atoms with Crippen LogP contribution >= 0.6 is 11.6 Å². The van der Waals surface area contributed by atoms with Crippen molar-refractivity contribution in [3.63, 3.8) is 0 Å². The van der Waals surface area contributed by atoms with Gasteiger partial charge < -0.3 is 15.4 Å². The number of ether oxygens (including phenoxy) is 1. The topological polar surface area (TPSA) is 63.2 Å². The summed E-state index contributed by atoms with van der Waals surface area (Å²) >= 11 is 6.16. The van der Waals surface area contributed by atoms with Crippen LogP contribution in [0.1, 0.15) is 24.2 Å². The molecule has 0 aliphatic heterocycles. The van der Waals surface area contributed by atoms with Gasteiger partial charge in [0.05, 0.1) is 34.3 Å². The number of halogens is 1. The fourth-order valence-electron chi connectivity index (χ4n) is 2.44. The number of anilines is 3. The smallest absolute Gasteiger partial charge is 0.257 e. The first-order valence-electron chi connectivity index (χ1n) is 8.56. The predicted molar refractivity (Wildman–Crippen MR) is 109 cm³/mol. The zero-order chi connectivity index (χ0) is 19.2. The second kappa shape index (κ2) is 8.56. The van der Waals surface area contributed by atoms with E-state index in [1.807, 2.05) is 44.2 Å². The highest BCUT2D eigenvalue weighted by Crippen LogP contribution is 2.25. The van der Waals surface area contributed by atoms with Gasteiger partial charge >= 0.3 is 0 Å². The lowest BCUT2D eigenvalue weighted by Crippen LogP contribution is -2.12. The molecule has 0 bridgehead atoms. The van der Waals surface area contributed by atoms with Gasteiger partial charge in [0.25, 0.3) is 5.91 Å². The highest BCUT2D eigenvalue weighted by atomic mass is 35.5. The summed E-state index contributed by atoms with van der Waals surface area (Å²) in [5.41, 5.74) is 2.55. The van der Waals surface area contributed by atoms with E-state index < -0.39 is 0 Å². The molecule has 2 N–H and O–H groups in total. The van der Waals surface area contributed by atoms with Crippen molar-refractivity contribution in [3.8, 4) is 5.75 Å². The number of benzene rings is 2. The minimum absolute atomic E-state index is 0.102. The number of nitrogens with one attached hydrogen (secondary N) is 2. The van der Waals surface area contributed by atoms with E-state index >= 15 is 0 Å². The van der Waals surface area contributed by atoms with Gasteiger partial charge in [-0.25, -0.2) is 0 Å². The predicted octanol–water partition coefficient (Wildman–Crippen LogP) is 5.52. The minimum Gasteiger partial charge on any atom is -0.491 e. The van der Waals surface area contributed by atoms with Crippen LogP contribution in [-0.4, -0.2) is 17.0 Å². The van der Waals surface area contributed by atoms with Crippen molar-refractivity contribution in [3.05, 3.63) is 77.6 Å². The summed E-state index contributed by atoms with van der Waals surface area (Å²) in [6.45, 7) is 3.93. The van der Waals surface area contributed by atoms with Gasteiger partial charge in [0, 0.05) is 11.9 Å². The van der Waals surface area contributed by atoms with Gasteiger partial charge in [0.2, 0.25) is 0 Å². The monoisotopic (exact) mass is 381 g/mol. The number of aromatic nitrogens is 1. The van der Waals surface area contributed by atoms with Crippen molar-refractivity contribution in [1.82, 2.24) is 4.98 Å². The van der Waals surface area contributed by atoms with Crippen LogP contribution in [0.15, 0.2) is 67.0 Å². The Kier molecular flexibility index (Phi) is 5.94. The maximum absolute atomic E-state index is 12.5. The van der Waals surface area contributed by atoms with Crippen LogP contribution in [0.25, 0.3) is 0 Å². The number of hydrogen-bond donors (Lipinski definition) is 2. The molecule has 27 heavy (non-hydrogen) atoms. The molecular weight excluding hydrogens is 362 g/mol. The van der Waals surface area contributed by atoms with Gasteiger partial charge in [0.15, 0.2) is 0 Å².